The fraction of sp³-hybridized carbons (Fsp3) is 0.611. The van der Waals surface area contributed by atoms with Crippen LogP contribution in [0.2, 0.25) is 0 Å². The number of guanidine groups is 1. The molecule has 1 heterocycles. The van der Waals surface area contributed by atoms with E-state index < -0.39 is 0 Å². The largest absolute Gasteiger partial charge is 0.374 e. The van der Waals surface area contributed by atoms with Crippen LogP contribution in [0.5, 0.6) is 0 Å². The highest BCUT2D eigenvalue weighted by molar-refractivity contribution is 5.79. The monoisotopic (exact) mass is 316 g/mol. The maximum Gasteiger partial charge on any atom is 0.193 e. The van der Waals surface area contributed by atoms with Crippen molar-refractivity contribution in [2.75, 3.05) is 40.3 Å². The Labute approximate surface area is 139 Å². The average Bonchev–Trinajstić information content (AvgIpc) is 3.41. The number of aliphatic imine (C=N–C) groups is 1. The molecule has 23 heavy (non-hydrogen) atoms. The number of ether oxygens (including phenoxy) is 1. The molecule has 1 aromatic rings. The average molecular weight is 316 g/mol. The van der Waals surface area contributed by atoms with Gasteiger partial charge in [0.25, 0.3) is 0 Å². The summed E-state index contributed by atoms with van der Waals surface area (Å²) >= 11 is 0. The van der Waals surface area contributed by atoms with Gasteiger partial charge in [-0.15, -0.1) is 0 Å². The molecule has 1 atom stereocenters. The van der Waals surface area contributed by atoms with Gasteiger partial charge in [-0.25, -0.2) is 4.99 Å². The molecular formula is C18H28N4O. The number of benzene rings is 1. The Morgan fingerprint density at radius 2 is 2.09 bits per heavy atom. The van der Waals surface area contributed by atoms with Gasteiger partial charge in [0, 0.05) is 39.8 Å². The summed E-state index contributed by atoms with van der Waals surface area (Å²) in [7, 11) is 4.05. The normalized spacial score (nSPS) is 22.9. The van der Waals surface area contributed by atoms with E-state index in [1.54, 1.807) is 0 Å². The molecule has 1 saturated heterocycles. The first-order chi connectivity index (χ1) is 11.2. The molecular weight excluding hydrogens is 288 g/mol. The summed E-state index contributed by atoms with van der Waals surface area (Å²) in [5, 5.41) is 3.46. The SMILES string of the molecule is CN(C)C(=NCc1ccccc1)NCC1CN(C2CC2)CCO1. The van der Waals surface area contributed by atoms with Gasteiger partial charge in [-0.2, -0.15) is 0 Å². The van der Waals surface area contributed by atoms with E-state index in [-0.39, 0.29) is 6.10 Å². The van der Waals surface area contributed by atoms with Crippen molar-refractivity contribution in [1.82, 2.24) is 15.1 Å². The molecule has 0 amide bonds. The van der Waals surface area contributed by atoms with Crippen molar-refractivity contribution in [2.45, 2.75) is 31.5 Å². The van der Waals surface area contributed by atoms with Crippen LogP contribution in [0.25, 0.3) is 0 Å². The Morgan fingerprint density at radius 1 is 1.30 bits per heavy atom. The van der Waals surface area contributed by atoms with E-state index in [4.69, 9.17) is 9.73 Å². The maximum atomic E-state index is 5.90. The molecule has 0 radical (unpaired) electrons. The van der Waals surface area contributed by atoms with Gasteiger partial charge < -0.3 is 15.0 Å². The van der Waals surface area contributed by atoms with Gasteiger partial charge in [-0.3, -0.25) is 4.90 Å². The lowest BCUT2D eigenvalue weighted by molar-refractivity contribution is -0.0283. The number of rotatable bonds is 5. The number of morpholine rings is 1. The standard InChI is InChI=1S/C18H28N4O/c1-21(2)18(19-12-15-6-4-3-5-7-15)20-13-17-14-22(10-11-23-17)16-8-9-16/h3-7,16-17H,8-14H2,1-2H3,(H,19,20). The van der Waals surface area contributed by atoms with Crippen LogP contribution in [0.15, 0.2) is 35.3 Å². The van der Waals surface area contributed by atoms with Crippen LogP contribution in [0, 0.1) is 0 Å². The molecule has 1 aromatic carbocycles. The molecule has 1 unspecified atom stereocenters. The van der Waals surface area contributed by atoms with Crippen molar-refractivity contribution < 1.29 is 4.74 Å². The highest BCUT2D eigenvalue weighted by Crippen LogP contribution is 2.28. The van der Waals surface area contributed by atoms with E-state index in [2.05, 4.69) is 34.5 Å². The van der Waals surface area contributed by atoms with Crippen LogP contribution in [0.1, 0.15) is 18.4 Å². The molecule has 5 nitrogen and oxygen atoms in total. The lowest BCUT2D eigenvalue weighted by Gasteiger charge is -2.33. The third-order valence-corrected chi connectivity index (χ3v) is 4.40. The summed E-state index contributed by atoms with van der Waals surface area (Å²) < 4.78 is 5.90. The van der Waals surface area contributed by atoms with Crippen molar-refractivity contribution in [1.29, 1.82) is 0 Å². The number of hydrogen-bond acceptors (Lipinski definition) is 3. The predicted molar refractivity (Wildman–Crippen MR) is 93.6 cm³/mol. The first kappa shape index (κ1) is 16.3. The zero-order valence-electron chi connectivity index (χ0n) is 14.2. The summed E-state index contributed by atoms with van der Waals surface area (Å²) in [6.07, 6.45) is 2.98. The number of hydrogen-bond donors (Lipinski definition) is 1. The summed E-state index contributed by atoms with van der Waals surface area (Å²) in [6, 6.07) is 11.2. The molecule has 0 bridgehead atoms. The van der Waals surface area contributed by atoms with Crippen LogP contribution in [-0.4, -0.2) is 68.2 Å². The van der Waals surface area contributed by atoms with E-state index in [1.165, 1.54) is 18.4 Å². The Hall–Kier alpha value is -1.59. The van der Waals surface area contributed by atoms with E-state index in [0.717, 1.165) is 38.2 Å². The second kappa shape index (κ2) is 7.79. The number of nitrogens with one attached hydrogen (secondary N) is 1. The maximum absolute atomic E-state index is 5.90. The fourth-order valence-electron chi connectivity index (χ4n) is 2.95. The summed E-state index contributed by atoms with van der Waals surface area (Å²) in [5.74, 6) is 0.918. The van der Waals surface area contributed by atoms with Gasteiger partial charge in [0.15, 0.2) is 5.96 Å². The minimum Gasteiger partial charge on any atom is -0.374 e. The van der Waals surface area contributed by atoms with Gasteiger partial charge in [-0.05, 0) is 18.4 Å². The predicted octanol–water partition coefficient (Wildman–Crippen LogP) is 1.56. The van der Waals surface area contributed by atoms with Gasteiger partial charge in [0.1, 0.15) is 0 Å². The van der Waals surface area contributed by atoms with Crippen LogP contribution in [0.3, 0.4) is 0 Å². The lowest BCUT2D eigenvalue weighted by atomic mass is 10.2. The molecule has 126 valence electrons. The minimum absolute atomic E-state index is 0.256. The van der Waals surface area contributed by atoms with E-state index in [0.29, 0.717) is 6.54 Å². The minimum atomic E-state index is 0.256. The second-order valence-electron chi connectivity index (χ2n) is 6.62. The Balaban J connectivity index is 1.50. The molecule has 0 aromatic heterocycles. The first-order valence-electron chi connectivity index (χ1n) is 8.57. The summed E-state index contributed by atoms with van der Waals surface area (Å²) in [5.41, 5.74) is 1.22. The molecule has 2 aliphatic rings. The van der Waals surface area contributed by atoms with E-state index >= 15 is 0 Å². The summed E-state index contributed by atoms with van der Waals surface area (Å²) in [6.45, 7) is 4.48. The highest BCUT2D eigenvalue weighted by Gasteiger charge is 2.32. The number of nitrogens with zero attached hydrogens (tertiary/aromatic N) is 3. The Morgan fingerprint density at radius 3 is 2.78 bits per heavy atom. The molecule has 1 aliphatic heterocycles. The van der Waals surface area contributed by atoms with Gasteiger partial charge in [-0.1, -0.05) is 30.3 Å². The fourth-order valence-corrected chi connectivity index (χ4v) is 2.95. The third-order valence-electron chi connectivity index (χ3n) is 4.40. The van der Waals surface area contributed by atoms with Crippen molar-refractivity contribution in [3.05, 3.63) is 35.9 Å². The Bertz CT molecular complexity index is 513. The van der Waals surface area contributed by atoms with E-state index in [9.17, 15) is 0 Å². The van der Waals surface area contributed by atoms with Gasteiger partial charge in [0.05, 0.1) is 19.3 Å². The van der Waals surface area contributed by atoms with E-state index in [1.807, 2.05) is 25.1 Å². The summed E-state index contributed by atoms with van der Waals surface area (Å²) in [4.78, 5) is 9.31. The Kier molecular flexibility index (Phi) is 5.51. The van der Waals surface area contributed by atoms with Gasteiger partial charge >= 0.3 is 0 Å². The lowest BCUT2D eigenvalue weighted by Crippen LogP contribution is -2.49. The van der Waals surface area contributed by atoms with Crippen LogP contribution in [-0.2, 0) is 11.3 Å². The van der Waals surface area contributed by atoms with Crippen LogP contribution >= 0.6 is 0 Å². The smallest absolute Gasteiger partial charge is 0.193 e. The van der Waals surface area contributed by atoms with Crippen molar-refractivity contribution >= 4 is 5.96 Å². The van der Waals surface area contributed by atoms with Crippen molar-refractivity contribution in [3.8, 4) is 0 Å². The molecule has 3 rings (SSSR count). The molecule has 1 saturated carbocycles. The highest BCUT2D eigenvalue weighted by atomic mass is 16.5. The zero-order chi connectivity index (χ0) is 16.1. The third kappa shape index (κ3) is 4.94. The molecule has 1 N–H and O–H groups in total. The zero-order valence-corrected chi connectivity index (χ0v) is 14.2. The topological polar surface area (TPSA) is 40.1 Å². The molecule has 2 fully saturated rings. The molecule has 1 aliphatic carbocycles. The molecule has 0 spiro atoms. The first-order valence-corrected chi connectivity index (χ1v) is 8.57. The van der Waals surface area contributed by atoms with Crippen molar-refractivity contribution in [3.63, 3.8) is 0 Å². The van der Waals surface area contributed by atoms with Crippen LogP contribution < -0.4 is 5.32 Å². The van der Waals surface area contributed by atoms with Gasteiger partial charge in [0.2, 0.25) is 0 Å². The van der Waals surface area contributed by atoms with Crippen molar-refractivity contribution in [2.24, 2.45) is 4.99 Å². The molecule has 5 heteroatoms. The van der Waals surface area contributed by atoms with Crippen LogP contribution in [0.4, 0.5) is 0 Å². The second-order valence-corrected chi connectivity index (χ2v) is 6.62. The quantitative estimate of drug-likeness (QED) is 0.661.